The third-order valence-electron chi connectivity index (χ3n) is 4.47. The molecular formula is C16H22ClF2NO. The maximum Gasteiger partial charge on any atom is 0.387 e. The van der Waals surface area contributed by atoms with Crippen molar-refractivity contribution in [1.29, 1.82) is 0 Å². The van der Waals surface area contributed by atoms with E-state index in [0.717, 1.165) is 13.0 Å². The Bertz CT molecular complexity index is 462. The van der Waals surface area contributed by atoms with E-state index in [4.69, 9.17) is 11.6 Å². The molecule has 2 rings (SSSR count). The van der Waals surface area contributed by atoms with Crippen molar-refractivity contribution >= 4 is 11.6 Å². The molecule has 5 heteroatoms. The van der Waals surface area contributed by atoms with Crippen molar-refractivity contribution in [3.05, 3.63) is 28.8 Å². The van der Waals surface area contributed by atoms with Crippen LogP contribution in [0.3, 0.4) is 0 Å². The minimum Gasteiger partial charge on any atom is -0.434 e. The van der Waals surface area contributed by atoms with Crippen LogP contribution >= 0.6 is 11.6 Å². The van der Waals surface area contributed by atoms with Gasteiger partial charge >= 0.3 is 6.61 Å². The van der Waals surface area contributed by atoms with Crippen LogP contribution < -0.4 is 10.1 Å². The Kier molecular flexibility index (Phi) is 5.82. The summed E-state index contributed by atoms with van der Waals surface area (Å²) >= 11 is 5.94. The first-order valence-corrected chi connectivity index (χ1v) is 7.86. The molecule has 1 aromatic rings. The molecule has 0 atom stereocenters. The second-order valence-electron chi connectivity index (χ2n) is 5.79. The minimum atomic E-state index is -2.82. The number of hydrogen-bond acceptors (Lipinski definition) is 2. The molecule has 1 fully saturated rings. The summed E-state index contributed by atoms with van der Waals surface area (Å²) in [6.45, 7) is 0.799. The van der Waals surface area contributed by atoms with Crippen molar-refractivity contribution in [3.8, 4) is 5.75 Å². The van der Waals surface area contributed by atoms with Gasteiger partial charge in [0.05, 0.1) is 0 Å². The van der Waals surface area contributed by atoms with Gasteiger partial charge in [-0.05, 0) is 42.9 Å². The number of halogens is 3. The van der Waals surface area contributed by atoms with E-state index < -0.39 is 6.61 Å². The van der Waals surface area contributed by atoms with Gasteiger partial charge in [0.1, 0.15) is 5.75 Å². The van der Waals surface area contributed by atoms with Crippen LogP contribution in [0.2, 0.25) is 5.02 Å². The smallest absolute Gasteiger partial charge is 0.387 e. The van der Waals surface area contributed by atoms with Gasteiger partial charge in [-0.1, -0.05) is 31.4 Å². The van der Waals surface area contributed by atoms with Gasteiger partial charge in [0.25, 0.3) is 0 Å². The Labute approximate surface area is 129 Å². The summed E-state index contributed by atoms with van der Waals surface area (Å²) in [5, 5.41) is 3.92. The predicted octanol–water partition coefficient (Wildman–Crippen LogP) is 5.00. The van der Waals surface area contributed by atoms with E-state index in [0.29, 0.717) is 22.5 Å². The molecule has 2 nitrogen and oxygen atoms in total. The van der Waals surface area contributed by atoms with E-state index >= 15 is 0 Å². The molecule has 0 unspecified atom stereocenters. The average Bonchev–Trinajstić information content (AvgIpc) is 2.91. The van der Waals surface area contributed by atoms with Gasteiger partial charge in [0.2, 0.25) is 0 Å². The Morgan fingerprint density at radius 3 is 2.67 bits per heavy atom. The van der Waals surface area contributed by atoms with Crippen molar-refractivity contribution in [2.45, 2.75) is 52.2 Å². The van der Waals surface area contributed by atoms with E-state index in [1.807, 2.05) is 0 Å². The molecule has 0 aliphatic heterocycles. The summed E-state index contributed by atoms with van der Waals surface area (Å²) < 4.78 is 29.4. The highest BCUT2D eigenvalue weighted by atomic mass is 35.5. The predicted molar refractivity (Wildman–Crippen MR) is 81.0 cm³/mol. The maximum absolute atomic E-state index is 12.4. The number of ether oxygens (including phenoxy) is 1. The zero-order valence-corrected chi connectivity index (χ0v) is 13.1. The summed E-state index contributed by atoms with van der Waals surface area (Å²) in [7, 11) is 0. The second kappa shape index (κ2) is 7.41. The van der Waals surface area contributed by atoms with Crippen LogP contribution in [0.15, 0.2) is 18.2 Å². The SMILES string of the molecule is CCC1(CNCc2cc(Cl)ccc2OC(F)F)CCCC1. The lowest BCUT2D eigenvalue weighted by molar-refractivity contribution is -0.0505. The van der Waals surface area contributed by atoms with E-state index in [2.05, 4.69) is 17.0 Å². The molecule has 0 spiro atoms. The minimum absolute atomic E-state index is 0.193. The fraction of sp³-hybridized carbons (Fsp3) is 0.625. The lowest BCUT2D eigenvalue weighted by Gasteiger charge is -2.28. The Morgan fingerprint density at radius 1 is 1.33 bits per heavy atom. The normalized spacial score (nSPS) is 17.4. The van der Waals surface area contributed by atoms with Crippen LogP contribution in [-0.2, 0) is 6.54 Å². The number of nitrogens with one attached hydrogen (secondary N) is 1. The second-order valence-corrected chi connectivity index (χ2v) is 6.23. The van der Waals surface area contributed by atoms with Gasteiger partial charge in [-0.3, -0.25) is 0 Å². The summed E-state index contributed by atoms with van der Waals surface area (Å²) in [6, 6.07) is 4.74. The fourth-order valence-corrected chi connectivity index (χ4v) is 3.33. The standard InChI is InChI=1S/C16H22ClF2NO/c1-2-16(7-3-4-8-16)11-20-10-12-9-13(17)5-6-14(12)21-15(18)19/h5-6,9,15,20H,2-4,7-8,10-11H2,1H3. The van der Waals surface area contributed by atoms with Crippen molar-refractivity contribution in [3.63, 3.8) is 0 Å². The largest absolute Gasteiger partial charge is 0.434 e. The molecule has 1 N–H and O–H groups in total. The molecule has 1 aliphatic carbocycles. The number of hydrogen-bond donors (Lipinski definition) is 1. The van der Waals surface area contributed by atoms with Crippen LogP contribution in [0, 0.1) is 5.41 Å². The zero-order chi connectivity index (χ0) is 15.3. The molecule has 118 valence electrons. The molecule has 0 amide bonds. The first-order valence-electron chi connectivity index (χ1n) is 7.49. The highest BCUT2D eigenvalue weighted by Crippen LogP contribution is 2.40. The lowest BCUT2D eigenvalue weighted by Crippen LogP contribution is -2.31. The van der Waals surface area contributed by atoms with Crippen LogP contribution in [0.1, 0.15) is 44.6 Å². The summed E-state index contributed by atoms with van der Waals surface area (Å²) in [4.78, 5) is 0. The summed E-state index contributed by atoms with van der Waals surface area (Å²) in [5.74, 6) is 0.193. The van der Waals surface area contributed by atoms with E-state index in [1.54, 1.807) is 12.1 Å². The van der Waals surface area contributed by atoms with Gasteiger partial charge in [0, 0.05) is 23.7 Å². The zero-order valence-electron chi connectivity index (χ0n) is 12.3. The van der Waals surface area contributed by atoms with E-state index in [1.165, 1.54) is 31.7 Å². The fourth-order valence-electron chi connectivity index (χ4n) is 3.14. The first kappa shape index (κ1) is 16.5. The van der Waals surface area contributed by atoms with Crippen molar-refractivity contribution in [1.82, 2.24) is 5.32 Å². The summed E-state index contributed by atoms with van der Waals surface area (Å²) in [5.41, 5.74) is 1.04. The van der Waals surface area contributed by atoms with E-state index in [9.17, 15) is 8.78 Å². The molecule has 21 heavy (non-hydrogen) atoms. The molecule has 1 saturated carbocycles. The van der Waals surface area contributed by atoms with Gasteiger partial charge in [0.15, 0.2) is 0 Å². The average molecular weight is 318 g/mol. The lowest BCUT2D eigenvalue weighted by atomic mass is 9.83. The Hall–Kier alpha value is -0.870. The maximum atomic E-state index is 12.4. The van der Waals surface area contributed by atoms with Gasteiger partial charge in [-0.25, -0.2) is 0 Å². The molecule has 0 saturated heterocycles. The third-order valence-corrected chi connectivity index (χ3v) is 4.70. The molecule has 0 aromatic heterocycles. The highest BCUT2D eigenvalue weighted by Gasteiger charge is 2.31. The topological polar surface area (TPSA) is 21.3 Å². The highest BCUT2D eigenvalue weighted by molar-refractivity contribution is 6.30. The third kappa shape index (κ3) is 4.55. The van der Waals surface area contributed by atoms with Crippen LogP contribution in [0.4, 0.5) is 8.78 Å². The van der Waals surface area contributed by atoms with Crippen LogP contribution in [0.25, 0.3) is 0 Å². The van der Waals surface area contributed by atoms with E-state index in [-0.39, 0.29) is 5.75 Å². The quantitative estimate of drug-likeness (QED) is 0.764. The Morgan fingerprint density at radius 2 is 2.05 bits per heavy atom. The monoisotopic (exact) mass is 317 g/mol. The molecular weight excluding hydrogens is 296 g/mol. The number of benzene rings is 1. The van der Waals surface area contributed by atoms with Crippen molar-refractivity contribution < 1.29 is 13.5 Å². The Balaban J connectivity index is 1.97. The number of rotatable bonds is 7. The van der Waals surface area contributed by atoms with Gasteiger partial charge < -0.3 is 10.1 Å². The number of alkyl halides is 2. The van der Waals surface area contributed by atoms with Crippen molar-refractivity contribution in [2.24, 2.45) is 5.41 Å². The van der Waals surface area contributed by atoms with Gasteiger partial charge in [-0.2, -0.15) is 8.78 Å². The molecule has 1 aromatic carbocycles. The van der Waals surface area contributed by atoms with Crippen molar-refractivity contribution in [2.75, 3.05) is 6.54 Å². The first-order chi connectivity index (χ1) is 10.0. The molecule has 0 radical (unpaired) electrons. The van der Waals surface area contributed by atoms with Gasteiger partial charge in [-0.15, -0.1) is 0 Å². The summed E-state index contributed by atoms with van der Waals surface area (Å²) in [6.07, 6.45) is 6.20. The van der Waals surface area contributed by atoms with Crippen LogP contribution in [-0.4, -0.2) is 13.2 Å². The molecule has 1 aliphatic rings. The van der Waals surface area contributed by atoms with Crippen LogP contribution in [0.5, 0.6) is 5.75 Å². The molecule has 0 bridgehead atoms. The molecule has 0 heterocycles.